The topological polar surface area (TPSA) is 35.6 Å². The van der Waals surface area contributed by atoms with E-state index in [4.69, 9.17) is 11.6 Å². The van der Waals surface area contributed by atoms with Gasteiger partial charge in [0.1, 0.15) is 0 Å². The summed E-state index contributed by atoms with van der Waals surface area (Å²) < 4.78 is 0. The number of halogens is 1. The molecule has 1 saturated heterocycles. The van der Waals surface area contributed by atoms with Crippen molar-refractivity contribution in [2.24, 2.45) is 0 Å². The number of nitrogens with one attached hydrogen (secondary N) is 1. The number of hydrogen-bond acceptors (Lipinski definition) is 3. The molecule has 1 aliphatic rings. The van der Waals surface area contributed by atoms with Gasteiger partial charge in [-0.15, -0.1) is 0 Å². The number of carbonyl (C=O) groups is 1. The zero-order chi connectivity index (χ0) is 17.6. The van der Waals surface area contributed by atoms with Crippen molar-refractivity contribution in [2.45, 2.75) is 13.0 Å². The molecule has 4 nitrogen and oxygen atoms in total. The Kier molecular flexibility index (Phi) is 5.95. The quantitative estimate of drug-likeness (QED) is 0.891. The summed E-state index contributed by atoms with van der Waals surface area (Å²) in [6.45, 7) is 6.11. The first kappa shape index (κ1) is 17.8. The SMILES string of the molecule is C[C@@H](NC(=O)CN1CCN(c2ccccc2)CC1)c1cccc(Cl)c1. The third kappa shape index (κ3) is 4.97. The maximum absolute atomic E-state index is 12.3. The second-order valence-corrected chi connectivity index (χ2v) is 6.88. The van der Waals surface area contributed by atoms with Crippen LogP contribution < -0.4 is 10.2 Å². The monoisotopic (exact) mass is 357 g/mol. The predicted molar refractivity (Wildman–Crippen MR) is 103 cm³/mol. The van der Waals surface area contributed by atoms with E-state index in [1.807, 2.05) is 37.3 Å². The van der Waals surface area contributed by atoms with Gasteiger partial charge in [0.25, 0.3) is 0 Å². The van der Waals surface area contributed by atoms with Crippen LogP contribution in [0.1, 0.15) is 18.5 Å². The van der Waals surface area contributed by atoms with E-state index in [1.165, 1.54) is 5.69 Å². The van der Waals surface area contributed by atoms with Gasteiger partial charge in [-0.05, 0) is 36.8 Å². The molecular formula is C20H24ClN3O. The molecule has 0 unspecified atom stereocenters. The molecule has 1 aliphatic heterocycles. The van der Waals surface area contributed by atoms with E-state index in [9.17, 15) is 4.79 Å². The standard InChI is InChI=1S/C20H24ClN3O/c1-16(17-6-5-7-18(21)14-17)22-20(25)15-23-10-12-24(13-11-23)19-8-3-2-4-9-19/h2-9,14,16H,10-13,15H2,1H3,(H,22,25)/t16-/m1/s1. The maximum atomic E-state index is 12.3. The lowest BCUT2D eigenvalue weighted by atomic mass is 10.1. The fourth-order valence-electron chi connectivity index (χ4n) is 3.15. The molecule has 3 rings (SSSR count). The molecule has 1 heterocycles. The highest BCUT2D eigenvalue weighted by Gasteiger charge is 2.20. The van der Waals surface area contributed by atoms with Crippen LogP contribution in [0.2, 0.25) is 5.02 Å². The Balaban J connectivity index is 1.46. The second kappa shape index (κ2) is 8.37. The van der Waals surface area contributed by atoms with Crippen molar-refractivity contribution in [3.63, 3.8) is 0 Å². The lowest BCUT2D eigenvalue weighted by Crippen LogP contribution is -2.49. The highest BCUT2D eigenvalue weighted by atomic mass is 35.5. The zero-order valence-electron chi connectivity index (χ0n) is 14.5. The Morgan fingerprint density at radius 3 is 2.48 bits per heavy atom. The Bertz CT molecular complexity index is 699. The second-order valence-electron chi connectivity index (χ2n) is 6.44. The van der Waals surface area contributed by atoms with Crippen molar-refractivity contribution in [1.29, 1.82) is 0 Å². The van der Waals surface area contributed by atoms with Crippen molar-refractivity contribution in [2.75, 3.05) is 37.6 Å². The van der Waals surface area contributed by atoms with Crippen LogP contribution in [0.25, 0.3) is 0 Å². The van der Waals surface area contributed by atoms with Crippen LogP contribution in [0.15, 0.2) is 54.6 Å². The Morgan fingerprint density at radius 1 is 1.08 bits per heavy atom. The van der Waals surface area contributed by atoms with E-state index in [2.05, 4.69) is 39.4 Å². The van der Waals surface area contributed by atoms with Gasteiger partial charge in [-0.25, -0.2) is 0 Å². The van der Waals surface area contributed by atoms with Gasteiger partial charge >= 0.3 is 0 Å². The maximum Gasteiger partial charge on any atom is 0.234 e. The van der Waals surface area contributed by atoms with E-state index in [-0.39, 0.29) is 11.9 Å². The summed E-state index contributed by atoms with van der Waals surface area (Å²) in [7, 11) is 0. The van der Waals surface area contributed by atoms with Gasteiger partial charge in [0.15, 0.2) is 0 Å². The first-order valence-corrected chi connectivity index (χ1v) is 9.07. The number of rotatable bonds is 5. The third-order valence-electron chi connectivity index (χ3n) is 4.59. The molecule has 2 aromatic rings. The minimum absolute atomic E-state index is 0.0446. The molecule has 0 spiro atoms. The Morgan fingerprint density at radius 2 is 1.80 bits per heavy atom. The predicted octanol–water partition coefficient (Wildman–Crippen LogP) is 3.34. The van der Waals surface area contributed by atoms with Gasteiger partial charge in [-0.1, -0.05) is 41.9 Å². The molecule has 25 heavy (non-hydrogen) atoms. The average molecular weight is 358 g/mol. The zero-order valence-corrected chi connectivity index (χ0v) is 15.2. The van der Waals surface area contributed by atoms with Gasteiger partial charge < -0.3 is 10.2 Å². The fraction of sp³-hybridized carbons (Fsp3) is 0.350. The summed E-state index contributed by atoms with van der Waals surface area (Å²) in [5.74, 6) is 0.0561. The number of amides is 1. The Hall–Kier alpha value is -2.04. The van der Waals surface area contributed by atoms with Gasteiger partial charge in [-0.2, -0.15) is 0 Å². The molecule has 132 valence electrons. The molecule has 1 amide bonds. The smallest absolute Gasteiger partial charge is 0.234 e. The van der Waals surface area contributed by atoms with Crippen molar-refractivity contribution in [3.05, 3.63) is 65.2 Å². The van der Waals surface area contributed by atoms with Crippen LogP contribution in [0, 0.1) is 0 Å². The average Bonchev–Trinajstić information content (AvgIpc) is 2.63. The first-order chi connectivity index (χ1) is 12.1. The van der Waals surface area contributed by atoms with Crippen LogP contribution in [0.3, 0.4) is 0 Å². The highest BCUT2D eigenvalue weighted by molar-refractivity contribution is 6.30. The molecule has 2 aromatic carbocycles. The highest BCUT2D eigenvalue weighted by Crippen LogP contribution is 2.18. The van der Waals surface area contributed by atoms with Crippen molar-refractivity contribution in [3.8, 4) is 0 Å². The third-order valence-corrected chi connectivity index (χ3v) is 4.82. The molecular weight excluding hydrogens is 334 g/mol. The van der Waals surface area contributed by atoms with E-state index in [0.29, 0.717) is 11.6 Å². The van der Waals surface area contributed by atoms with Crippen LogP contribution in [-0.4, -0.2) is 43.5 Å². The normalized spacial score (nSPS) is 16.5. The number of para-hydroxylation sites is 1. The van der Waals surface area contributed by atoms with E-state index in [0.717, 1.165) is 31.7 Å². The molecule has 0 saturated carbocycles. The molecule has 1 N–H and O–H groups in total. The minimum Gasteiger partial charge on any atom is -0.369 e. The molecule has 0 aliphatic carbocycles. The number of hydrogen-bond donors (Lipinski definition) is 1. The van der Waals surface area contributed by atoms with E-state index >= 15 is 0 Å². The van der Waals surface area contributed by atoms with Crippen LogP contribution >= 0.6 is 11.6 Å². The van der Waals surface area contributed by atoms with Crippen molar-refractivity contribution in [1.82, 2.24) is 10.2 Å². The number of anilines is 1. The molecule has 5 heteroatoms. The van der Waals surface area contributed by atoms with Crippen LogP contribution in [0.5, 0.6) is 0 Å². The molecule has 1 atom stereocenters. The summed E-state index contributed by atoms with van der Waals surface area (Å²) in [6, 6.07) is 18.0. The van der Waals surface area contributed by atoms with E-state index < -0.39 is 0 Å². The largest absolute Gasteiger partial charge is 0.369 e. The number of carbonyl (C=O) groups excluding carboxylic acids is 1. The minimum atomic E-state index is -0.0446. The summed E-state index contributed by atoms with van der Waals surface area (Å²) >= 11 is 6.02. The van der Waals surface area contributed by atoms with Crippen LogP contribution in [0.4, 0.5) is 5.69 Å². The van der Waals surface area contributed by atoms with E-state index in [1.54, 1.807) is 0 Å². The summed E-state index contributed by atoms with van der Waals surface area (Å²) in [5, 5.41) is 3.75. The van der Waals surface area contributed by atoms with Crippen LogP contribution in [-0.2, 0) is 4.79 Å². The van der Waals surface area contributed by atoms with Crippen molar-refractivity contribution >= 4 is 23.2 Å². The Labute approximate surface area is 154 Å². The van der Waals surface area contributed by atoms with Gasteiger partial charge in [0.05, 0.1) is 12.6 Å². The number of nitrogens with zero attached hydrogens (tertiary/aromatic N) is 2. The molecule has 0 bridgehead atoms. The lowest BCUT2D eigenvalue weighted by molar-refractivity contribution is -0.123. The lowest BCUT2D eigenvalue weighted by Gasteiger charge is -2.35. The van der Waals surface area contributed by atoms with Gasteiger partial charge in [0, 0.05) is 36.9 Å². The molecule has 0 radical (unpaired) electrons. The summed E-state index contributed by atoms with van der Waals surface area (Å²) in [5.41, 5.74) is 2.27. The summed E-state index contributed by atoms with van der Waals surface area (Å²) in [4.78, 5) is 16.9. The molecule has 1 fully saturated rings. The number of piperazine rings is 1. The van der Waals surface area contributed by atoms with Gasteiger partial charge in [0.2, 0.25) is 5.91 Å². The number of benzene rings is 2. The fourth-order valence-corrected chi connectivity index (χ4v) is 3.35. The van der Waals surface area contributed by atoms with Crippen molar-refractivity contribution < 1.29 is 4.79 Å². The van der Waals surface area contributed by atoms with Gasteiger partial charge in [-0.3, -0.25) is 9.69 Å². The summed E-state index contributed by atoms with van der Waals surface area (Å²) in [6.07, 6.45) is 0. The molecule has 0 aromatic heterocycles. The first-order valence-electron chi connectivity index (χ1n) is 8.69.